The van der Waals surface area contributed by atoms with Crippen molar-refractivity contribution in [2.75, 3.05) is 0 Å². The molecule has 0 bridgehead atoms. The van der Waals surface area contributed by atoms with E-state index in [9.17, 15) is 0 Å². The van der Waals surface area contributed by atoms with Crippen molar-refractivity contribution in [3.8, 4) is 11.1 Å². The summed E-state index contributed by atoms with van der Waals surface area (Å²) in [7, 11) is 0. The predicted octanol–water partition coefficient (Wildman–Crippen LogP) is 7.00. The second kappa shape index (κ2) is 6.18. The Balaban J connectivity index is 1.83. The highest BCUT2D eigenvalue weighted by Gasteiger charge is 2.46. The average Bonchev–Trinajstić information content (AvgIpc) is 3.09. The smallest absolute Gasteiger partial charge is 0.0622 e. The van der Waals surface area contributed by atoms with Crippen LogP contribution in [0, 0.1) is 6.07 Å². The molecule has 1 aliphatic rings. The number of hydrogen-bond donors (Lipinski definition) is 0. The third-order valence-electron chi connectivity index (χ3n) is 6.21. The van der Waals surface area contributed by atoms with E-state index in [1.54, 1.807) is 0 Å². The van der Waals surface area contributed by atoms with Gasteiger partial charge in [0.2, 0.25) is 0 Å². The summed E-state index contributed by atoms with van der Waals surface area (Å²) < 4.78 is 0. The first-order chi connectivity index (χ1) is 14.4. The van der Waals surface area contributed by atoms with Gasteiger partial charge in [0.1, 0.15) is 0 Å². The Kier molecular flexibility index (Phi) is 3.48. The fraction of sp³-hybridized carbons (Fsp3) is 0.0345. The van der Waals surface area contributed by atoms with Gasteiger partial charge in [-0.2, -0.15) is 0 Å². The first-order valence-electron chi connectivity index (χ1n) is 10.1. The van der Waals surface area contributed by atoms with E-state index in [-0.39, 0.29) is 5.41 Å². The molecule has 0 saturated heterocycles. The molecule has 5 aromatic rings. The van der Waals surface area contributed by atoms with Crippen LogP contribution in [-0.2, 0) is 5.41 Å². The van der Waals surface area contributed by atoms with Crippen molar-refractivity contribution in [1.29, 1.82) is 0 Å². The first kappa shape index (κ1) is 16.3. The van der Waals surface area contributed by atoms with E-state index in [0.29, 0.717) is 0 Å². The molecule has 0 N–H and O–H groups in total. The van der Waals surface area contributed by atoms with Crippen LogP contribution in [0.5, 0.6) is 0 Å². The van der Waals surface area contributed by atoms with E-state index in [1.165, 1.54) is 38.8 Å². The normalized spacial score (nSPS) is 13.8. The Morgan fingerprint density at radius 1 is 0.517 bits per heavy atom. The molecule has 0 amide bonds. The molecule has 6 rings (SSSR count). The zero-order valence-electron chi connectivity index (χ0n) is 16.0. The minimum Gasteiger partial charge on any atom is -0.0622 e. The predicted molar refractivity (Wildman–Crippen MR) is 120 cm³/mol. The quantitative estimate of drug-likeness (QED) is 0.309. The van der Waals surface area contributed by atoms with Crippen molar-refractivity contribution in [2.45, 2.75) is 5.41 Å². The van der Waals surface area contributed by atoms with Crippen LogP contribution in [0.15, 0.2) is 115 Å². The lowest BCUT2D eigenvalue weighted by Gasteiger charge is -2.34. The molecule has 135 valence electrons. The summed E-state index contributed by atoms with van der Waals surface area (Å²) in [6.07, 6.45) is 0. The highest BCUT2D eigenvalue weighted by molar-refractivity contribution is 5.95. The lowest BCUT2D eigenvalue weighted by atomic mass is 9.67. The van der Waals surface area contributed by atoms with E-state index < -0.39 is 0 Å². The van der Waals surface area contributed by atoms with Crippen LogP contribution in [0.4, 0.5) is 0 Å². The molecule has 0 heteroatoms. The van der Waals surface area contributed by atoms with Gasteiger partial charge in [-0.1, -0.05) is 109 Å². The maximum atomic E-state index is 3.76. The molecule has 0 aromatic heterocycles. The minimum atomic E-state index is -0.338. The average molecular weight is 367 g/mol. The Bertz CT molecular complexity index is 1290. The van der Waals surface area contributed by atoms with Crippen LogP contribution in [0.3, 0.4) is 0 Å². The van der Waals surface area contributed by atoms with E-state index in [4.69, 9.17) is 0 Å². The maximum absolute atomic E-state index is 3.76. The van der Waals surface area contributed by atoms with Gasteiger partial charge in [0.25, 0.3) is 0 Å². The van der Waals surface area contributed by atoms with Gasteiger partial charge < -0.3 is 0 Å². The molecule has 0 fully saturated rings. The summed E-state index contributed by atoms with van der Waals surface area (Å²) in [5, 5.41) is 2.40. The Morgan fingerprint density at radius 2 is 1.10 bits per heavy atom. The van der Waals surface area contributed by atoms with Crippen molar-refractivity contribution in [3.05, 3.63) is 144 Å². The summed E-state index contributed by atoms with van der Waals surface area (Å²) in [6.45, 7) is 0. The van der Waals surface area contributed by atoms with Gasteiger partial charge in [0, 0.05) is 0 Å². The summed E-state index contributed by atoms with van der Waals surface area (Å²) in [5.41, 5.74) is 7.39. The van der Waals surface area contributed by atoms with Crippen molar-refractivity contribution in [2.24, 2.45) is 0 Å². The van der Waals surface area contributed by atoms with Gasteiger partial charge in [-0.15, -0.1) is 0 Å². The molecule has 5 aromatic carbocycles. The molecule has 0 nitrogen and oxygen atoms in total. The Labute approximate surface area is 171 Å². The van der Waals surface area contributed by atoms with Crippen LogP contribution < -0.4 is 0 Å². The van der Waals surface area contributed by atoms with Gasteiger partial charge in [-0.3, -0.25) is 0 Å². The zero-order chi connectivity index (χ0) is 19.3. The maximum Gasteiger partial charge on any atom is 0.0714 e. The molecular formula is C29H19. The second-order valence-corrected chi connectivity index (χ2v) is 7.67. The van der Waals surface area contributed by atoms with Crippen molar-refractivity contribution < 1.29 is 0 Å². The summed E-state index contributed by atoms with van der Waals surface area (Å²) in [5.74, 6) is 0. The largest absolute Gasteiger partial charge is 0.0714 e. The van der Waals surface area contributed by atoms with Gasteiger partial charge in [0.15, 0.2) is 0 Å². The monoisotopic (exact) mass is 367 g/mol. The van der Waals surface area contributed by atoms with Gasteiger partial charge >= 0.3 is 0 Å². The lowest BCUT2D eigenvalue weighted by Crippen LogP contribution is -2.28. The van der Waals surface area contributed by atoms with Crippen molar-refractivity contribution in [3.63, 3.8) is 0 Å². The van der Waals surface area contributed by atoms with Crippen LogP contribution in [-0.4, -0.2) is 0 Å². The number of fused-ring (bicyclic) bond motifs is 4. The third kappa shape index (κ3) is 2.20. The van der Waals surface area contributed by atoms with Crippen LogP contribution in [0.1, 0.15) is 22.3 Å². The molecule has 0 atom stereocenters. The molecule has 0 unspecified atom stereocenters. The number of rotatable bonds is 2. The van der Waals surface area contributed by atoms with Gasteiger partial charge in [-0.05, 0) is 56.3 Å². The Morgan fingerprint density at radius 3 is 1.83 bits per heavy atom. The summed E-state index contributed by atoms with van der Waals surface area (Å²) in [6, 6.07) is 45.3. The molecule has 0 spiro atoms. The molecule has 1 radical (unpaired) electrons. The molecule has 0 heterocycles. The molecule has 0 saturated carbocycles. The van der Waals surface area contributed by atoms with Crippen LogP contribution in [0.2, 0.25) is 0 Å². The number of benzene rings is 5. The molecule has 1 aliphatic carbocycles. The minimum absolute atomic E-state index is 0.338. The highest BCUT2D eigenvalue weighted by atomic mass is 14.5. The fourth-order valence-electron chi connectivity index (χ4n) is 5.01. The zero-order valence-corrected chi connectivity index (χ0v) is 16.0. The van der Waals surface area contributed by atoms with Crippen molar-refractivity contribution >= 4 is 10.8 Å². The molecular weight excluding hydrogens is 348 g/mol. The summed E-state index contributed by atoms with van der Waals surface area (Å²) >= 11 is 0. The first-order valence-corrected chi connectivity index (χ1v) is 10.1. The van der Waals surface area contributed by atoms with Gasteiger partial charge in [0.05, 0.1) is 5.41 Å². The fourth-order valence-corrected chi connectivity index (χ4v) is 5.01. The SMILES string of the molecule is [c]1c2c(cc3ccccc13)C(c1ccccc1)(c1ccccc1)c1ccccc1-2. The lowest BCUT2D eigenvalue weighted by molar-refractivity contribution is 0.769. The number of hydrogen-bond acceptors (Lipinski definition) is 0. The summed E-state index contributed by atoms with van der Waals surface area (Å²) in [4.78, 5) is 0. The van der Waals surface area contributed by atoms with Crippen molar-refractivity contribution in [1.82, 2.24) is 0 Å². The molecule has 0 aliphatic heterocycles. The topological polar surface area (TPSA) is 0 Å². The van der Waals surface area contributed by atoms with Crippen LogP contribution in [0.25, 0.3) is 21.9 Å². The van der Waals surface area contributed by atoms with Gasteiger partial charge in [-0.25, -0.2) is 0 Å². The standard InChI is InChI=1S/C29H19/c1-3-13-23(14-4-1)29(24-15-5-2-6-16-24)27-18-10-9-17-25(27)26-19-21-11-7-8-12-22(21)20-28(26)29/h1-18,20H. The second-order valence-electron chi connectivity index (χ2n) is 7.67. The van der Waals surface area contributed by atoms with Crippen LogP contribution >= 0.6 is 0 Å². The van der Waals surface area contributed by atoms with E-state index >= 15 is 0 Å². The Hall–Kier alpha value is -3.64. The van der Waals surface area contributed by atoms with E-state index in [0.717, 1.165) is 5.39 Å². The highest BCUT2D eigenvalue weighted by Crippen LogP contribution is 2.56. The van der Waals surface area contributed by atoms with E-state index in [2.05, 4.69) is 121 Å². The molecule has 29 heavy (non-hydrogen) atoms. The third-order valence-corrected chi connectivity index (χ3v) is 6.21. The van der Waals surface area contributed by atoms with E-state index in [1.807, 2.05) is 0 Å².